The first-order valence-corrected chi connectivity index (χ1v) is 10.8. The Morgan fingerprint density at radius 1 is 0.970 bits per heavy atom. The zero-order chi connectivity index (χ0) is 24.1. The second kappa shape index (κ2) is 7.72. The van der Waals surface area contributed by atoms with Gasteiger partial charge in [-0.25, -0.2) is 19.9 Å². The lowest BCUT2D eigenvalue weighted by Crippen LogP contribution is -2.42. The maximum Gasteiger partial charge on any atom is 0.274 e. The molecule has 170 valence electrons. The molecule has 0 radical (unpaired) electrons. The topological polar surface area (TPSA) is 92.2 Å². The number of fused-ring (bicyclic) bond motifs is 1. The van der Waals surface area contributed by atoms with Gasteiger partial charge in [-0.3, -0.25) is 14.5 Å². The fourth-order valence-corrected chi connectivity index (χ4v) is 3.72. The Morgan fingerprint density at radius 3 is 2.21 bits per heavy atom. The number of amides is 2. The Kier molecular flexibility index (Phi) is 5.27. The van der Waals surface area contributed by atoms with Crippen LogP contribution in [-0.4, -0.2) is 49.2 Å². The molecule has 0 bridgehead atoms. The summed E-state index contributed by atoms with van der Waals surface area (Å²) in [6.45, 7) is 11.5. The van der Waals surface area contributed by atoms with Crippen molar-refractivity contribution in [3.8, 4) is 11.1 Å². The van der Waals surface area contributed by atoms with E-state index in [2.05, 4.69) is 19.9 Å². The van der Waals surface area contributed by atoms with Crippen LogP contribution in [0.2, 0.25) is 0 Å². The summed E-state index contributed by atoms with van der Waals surface area (Å²) in [7, 11) is 1.73. The molecule has 2 aromatic heterocycles. The van der Waals surface area contributed by atoms with Gasteiger partial charge < -0.3 is 4.90 Å². The molecule has 33 heavy (non-hydrogen) atoms. The van der Waals surface area contributed by atoms with Gasteiger partial charge >= 0.3 is 0 Å². The van der Waals surface area contributed by atoms with Crippen LogP contribution < -0.4 is 4.90 Å². The average molecular weight is 445 g/mol. The lowest BCUT2D eigenvalue weighted by molar-refractivity contribution is -0.121. The van der Waals surface area contributed by atoms with Gasteiger partial charge in [0.1, 0.15) is 11.5 Å². The molecule has 1 aliphatic rings. The van der Waals surface area contributed by atoms with Gasteiger partial charge in [-0.1, -0.05) is 12.1 Å². The van der Waals surface area contributed by atoms with Gasteiger partial charge in [0.2, 0.25) is 5.91 Å². The number of anilines is 2. The first kappa shape index (κ1) is 22.5. The molecule has 0 N–H and O–H groups in total. The van der Waals surface area contributed by atoms with Crippen LogP contribution in [0.15, 0.2) is 43.0 Å². The smallest absolute Gasteiger partial charge is 0.274 e. The molecule has 2 amide bonds. The molecule has 0 spiro atoms. The molecular formula is C25H28N6O2. The Labute approximate surface area is 193 Å². The third-order valence-corrected chi connectivity index (χ3v) is 6.16. The molecule has 1 aromatic carbocycles. The summed E-state index contributed by atoms with van der Waals surface area (Å²) < 4.78 is 0. The number of aromatic nitrogens is 4. The lowest BCUT2D eigenvalue weighted by Gasteiger charge is -2.31. The van der Waals surface area contributed by atoms with Gasteiger partial charge in [-0.05, 0) is 58.7 Å². The van der Waals surface area contributed by atoms with E-state index in [9.17, 15) is 9.59 Å². The number of benzene rings is 1. The highest BCUT2D eigenvalue weighted by Gasteiger charge is 2.45. The number of carbonyl (C=O) groups excluding carboxylic acids is 2. The third-order valence-electron chi connectivity index (χ3n) is 6.16. The van der Waals surface area contributed by atoms with E-state index >= 15 is 0 Å². The number of hydrogen-bond acceptors (Lipinski definition) is 6. The first-order chi connectivity index (χ1) is 15.4. The van der Waals surface area contributed by atoms with Crippen molar-refractivity contribution in [3.05, 3.63) is 60.1 Å². The first-order valence-electron chi connectivity index (χ1n) is 10.8. The van der Waals surface area contributed by atoms with Crippen molar-refractivity contribution in [1.29, 1.82) is 0 Å². The Balaban J connectivity index is 1.73. The van der Waals surface area contributed by atoms with Gasteiger partial charge in [-0.2, -0.15) is 0 Å². The van der Waals surface area contributed by atoms with Crippen LogP contribution in [0, 0.1) is 6.92 Å². The van der Waals surface area contributed by atoms with Crippen LogP contribution in [0.1, 0.15) is 56.5 Å². The van der Waals surface area contributed by atoms with E-state index in [1.54, 1.807) is 29.2 Å². The van der Waals surface area contributed by atoms with Gasteiger partial charge in [0.25, 0.3) is 5.91 Å². The third kappa shape index (κ3) is 3.86. The van der Waals surface area contributed by atoms with Crippen LogP contribution in [0.4, 0.5) is 11.5 Å². The van der Waals surface area contributed by atoms with E-state index in [1.807, 2.05) is 59.7 Å². The molecule has 8 heteroatoms. The van der Waals surface area contributed by atoms with E-state index in [0.29, 0.717) is 11.6 Å². The number of carbonyl (C=O) groups is 2. The number of nitrogens with zero attached hydrogens (tertiary/aromatic N) is 6. The molecule has 4 rings (SSSR count). The van der Waals surface area contributed by atoms with Crippen molar-refractivity contribution in [2.45, 2.75) is 52.5 Å². The summed E-state index contributed by atoms with van der Waals surface area (Å²) in [5.74, 6) is 0.741. The summed E-state index contributed by atoms with van der Waals surface area (Å²) in [4.78, 5) is 46.7. The van der Waals surface area contributed by atoms with Crippen LogP contribution in [0.25, 0.3) is 11.1 Å². The summed E-state index contributed by atoms with van der Waals surface area (Å²) in [5, 5.41) is 0. The molecule has 0 saturated carbocycles. The highest BCUT2D eigenvalue weighted by atomic mass is 16.2. The van der Waals surface area contributed by atoms with Crippen molar-refractivity contribution in [2.75, 3.05) is 11.9 Å². The lowest BCUT2D eigenvalue weighted by atomic mass is 9.85. The minimum atomic E-state index is -0.722. The van der Waals surface area contributed by atoms with Crippen LogP contribution in [-0.2, 0) is 10.2 Å². The number of rotatable bonds is 3. The Bertz CT molecular complexity index is 1230. The van der Waals surface area contributed by atoms with Crippen LogP contribution >= 0.6 is 0 Å². The zero-order valence-electron chi connectivity index (χ0n) is 20.0. The summed E-state index contributed by atoms with van der Waals surface area (Å²) in [6, 6.07) is 5.89. The standard InChI is InChI=1S/C25H28N6O2/c1-15-26-11-17(12-27-15)16-8-9-18-20(10-16)31(23(33)25(18,5)6)21-14-28-19(13-29-21)22(32)30(7)24(2,3)4/h8-14H,1-7H3. The second-order valence-electron chi connectivity index (χ2n) is 9.81. The van der Waals surface area contributed by atoms with Crippen molar-refractivity contribution in [3.63, 3.8) is 0 Å². The summed E-state index contributed by atoms with van der Waals surface area (Å²) in [5.41, 5.74) is 2.56. The maximum atomic E-state index is 13.4. The molecule has 0 fully saturated rings. The largest absolute Gasteiger partial charge is 0.335 e. The zero-order valence-corrected chi connectivity index (χ0v) is 20.0. The monoisotopic (exact) mass is 444 g/mol. The molecule has 3 heterocycles. The van der Waals surface area contributed by atoms with Gasteiger partial charge in [0.05, 0.1) is 23.5 Å². The molecule has 0 aliphatic carbocycles. The van der Waals surface area contributed by atoms with Crippen LogP contribution in [0.5, 0.6) is 0 Å². The van der Waals surface area contributed by atoms with Crippen molar-refractivity contribution in [2.24, 2.45) is 0 Å². The predicted octanol–water partition coefficient (Wildman–Crippen LogP) is 4.07. The fraction of sp³-hybridized carbons (Fsp3) is 0.360. The van der Waals surface area contributed by atoms with Crippen molar-refractivity contribution in [1.82, 2.24) is 24.8 Å². The molecule has 0 saturated heterocycles. The molecule has 0 unspecified atom stereocenters. The Hall–Kier alpha value is -3.68. The van der Waals surface area contributed by atoms with E-state index < -0.39 is 5.41 Å². The van der Waals surface area contributed by atoms with Gasteiger partial charge in [-0.15, -0.1) is 0 Å². The summed E-state index contributed by atoms with van der Waals surface area (Å²) >= 11 is 0. The average Bonchev–Trinajstić information content (AvgIpc) is 2.97. The van der Waals surface area contributed by atoms with Gasteiger partial charge in [0, 0.05) is 30.5 Å². The molecular weight excluding hydrogens is 416 g/mol. The Morgan fingerprint density at radius 2 is 1.64 bits per heavy atom. The summed E-state index contributed by atoms with van der Waals surface area (Å²) in [6.07, 6.45) is 6.44. The molecule has 1 aliphatic heterocycles. The van der Waals surface area contributed by atoms with Crippen molar-refractivity contribution < 1.29 is 9.59 Å². The fourth-order valence-electron chi connectivity index (χ4n) is 3.72. The van der Waals surface area contributed by atoms with Crippen molar-refractivity contribution >= 4 is 23.3 Å². The molecule has 3 aromatic rings. The predicted molar refractivity (Wildman–Crippen MR) is 126 cm³/mol. The highest BCUT2D eigenvalue weighted by molar-refractivity contribution is 6.12. The van der Waals surface area contributed by atoms with E-state index in [0.717, 1.165) is 22.4 Å². The van der Waals surface area contributed by atoms with E-state index in [1.165, 1.54) is 12.4 Å². The van der Waals surface area contributed by atoms with E-state index in [-0.39, 0.29) is 23.0 Å². The quantitative estimate of drug-likeness (QED) is 0.605. The van der Waals surface area contributed by atoms with E-state index in [4.69, 9.17) is 0 Å². The normalized spacial score (nSPS) is 14.9. The highest BCUT2D eigenvalue weighted by Crippen LogP contribution is 2.46. The van der Waals surface area contributed by atoms with Crippen LogP contribution in [0.3, 0.4) is 0 Å². The minimum Gasteiger partial charge on any atom is -0.335 e. The molecule has 8 nitrogen and oxygen atoms in total. The maximum absolute atomic E-state index is 13.4. The SMILES string of the molecule is Cc1ncc(-c2ccc3c(c2)N(c2cnc(C(=O)N(C)C(C)(C)C)cn2)C(=O)C3(C)C)cn1. The van der Waals surface area contributed by atoms with Gasteiger partial charge in [0.15, 0.2) is 5.82 Å². The second-order valence-corrected chi connectivity index (χ2v) is 9.81. The molecule has 0 atom stereocenters. The minimum absolute atomic E-state index is 0.102. The number of aryl methyl sites for hydroxylation is 1. The number of hydrogen-bond donors (Lipinski definition) is 0.